The number of methoxy groups -OCH3 is 1. The number of halogens is 3. The zero-order valence-electron chi connectivity index (χ0n) is 9.38. The van der Waals surface area contributed by atoms with Gasteiger partial charge in [0.1, 0.15) is 17.6 Å². The minimum Gasteiger partial charge on any atom is -0.496 e. The molecule has 0 saturated carbocycles. The normalized spacial score (nSPS) is 22.0. The molecular formula is C11H10F3NO3. The Labute approximate surface area is 101 Å². The Hall–Kier alpha value is -1.92. The second-order valence-corrected chi connectivity index (χ2v) is 3.80. The number of ether oxygens (including phenoxy) is 2. The van der Waals surface area contributed by atoms with E-state index < -0.39 is 30.5 Å². The summed E-state index contributed by atoms with van der Waals surface area (Å²) in [5.41, 5.74) is 0.000509. The summed E-state index contributed by atoms with van der Waals surface area (Å²) in [7, 11) is 1.23. The predicted molar refractivity (Wildman–Crippen MR) is 55.1 cm³/mol. The SMILES string of the molecule is COc1cc(F)ccc1[C@H]1NC(=O)OCC1(F)F. The molecule has 4 nitrogen and oxygen atoms in total. The quantitative estimate of drug-likeness (QED) is 0.888. The van der Waals surface area contributed by atoms with Crippen LogP contribution in [0.3, 0.4) is 0 Å². The molecule has 18 heavy (non-hydrogen) atoms. The molecule has 0 aliphatic carbocycles. The second-order valence-electron chi connectivity index (χ2n) is 3.80. The lowest BCUT2D eigenvalue weighted by atomic mass is 9.99. The largest absolute Gasteiger partial charge is 0.496 e. The molecule has 1 aliphatic heterocycles. The van der Waals surface area contributed by atoms with Gasteiger partial charge in [-0.2, -0.15) is 0 Å². The highest BCUT2D eigenvalue weighted by atomic mass is 19.3. The third kappa shape index (κ3) is 2.20. The summed E-state index contributed by atoms with van der Waals surface area (Å²) in [5, 5.41) is 2.00. The third-order valence-corrected chi connectivity index (χ3v) is 2.59. The lowest BCUT2D eigenvalue weighted by Crippen LogP contribution is -2.49. The average molecular weight is 261 g/mol. The van der Waals surface area contributed by atoms with E-state index in [1.165, 1.54) is 7.11 Å². The van der Waals surface area contributed by atoms with E-state index in [2.05, 4.69) is 4.74 Å². The first-order valence-electron chi connectivity index (χ1n) is 5.08. The smallest absolute Gasteiger partial charge is 0.408 e. The fourth-order valence-electron chi connectivity index (χ4n) is 1.74. The molecule has 1 aromatic rings. The van der Waals surface area contributed by atoms with Gasteiger partial charge in [0, 0.05) is 11.6 Å². The van der Waals surface area contributed by atoms with Gasteiger partial charge in [-0.15, -0.1) is 0 Å². The number of cyclic esters (lactones) is 1. The molecule has 1 aromatic carbocycles. The zero-order chi connectivity index (χ0) is 13.3. The molecule has 0 spiro atoms. The number of benzene rings is 1. The minimum atomic E-state index is -3.29. The van der Waals surface area contributed by atoms with Crippen molar-refractivity contribution in [3.63, 3.8) is 0 Å². The number of nitrogens with one attached hydrogen (secondary N) is 1. The Balaban J connectivity index is 2.42. The van der Waals surface area contributed by atoms with Gasteiger partial charge in [-0.1, -0.05) is 6.07 Å². The molecular weight excluding hydrogens is 251 g/mol. The van der Waals surface area contributed by atoms with Crippen LogP contribution >= 0.6 is 0 Å². The lowest BCUT2D eigenvalue weighted by Gasteiger charge is -2.32. The third-order valence-electron chi connectivity index (χ3n) is 2.59. The van der Waals surface area contributed by atoms with Crippen LogP contribution in [0.4, 0.5) is 18.0 Å². The van der Waals surface area contributed by atoms with E-state index in [1.54, 1.807) is 0 Å². The second kappa shape index (κ2) is 4.40. The molecule has 7 heteroatoms. The molecule has 2 rings (SSSR count). The number of hydrogen-bond donors (Lipinski definition) is 1. The van der Waals surface area contributed by atoms with E-state index in [-0.39, 0.29) is 11.3 Å². The summed E-state index contributed by atoms with van der Waals surface area (Å²) in [5.74, 6) is -3.96. The summed E-state index contributed by atoms with van der Waals surface area (Å²) in [4.78, 5) is 11.0. The summed E-state index contributed by atoms with van der Waals surface area (Å²) >= 11 is 0. The van der Waals surface area contributed by atoms with E-state index in [1.807, 2.05) is 5.32 Å². The lowest BCUT2D eigenvalue weighted by molar-refractivity contribution is -0.104. The molecule has 98 valence electrons. The van der Waals surface area contributed by atoms with E-state index in [9.17, 15) is 18.0 Å². The van der Waals surface area contributed by atoms with Gasteiger partial charge in [0.05, 0.1) is 7.11 Å². The number of hydrogen-bond acceptors (Lipinski definition) is 3. The van der Waals surface area contributed by atoms with Crippen LogP contribution in [-0.2, 0) is 4.74 Å². The molecule has 1 aliphatic rings. The van der Waals surface area contributed by atoms with Crippen molar-refractivity contribution in [3.8, 4) is 5.75 Å². The van der Waals surface area contributed by atoms with Crippen LogP contribution in [0.1, 0.15) is 11.6 Å². The van der Waals surface area contributed by atoms with Gasteiger partial charge in [-0.05, 0) is 6.07 Å². The number of alkyl carbamates (subject to hydrolysis) is 1. The van der Waals surface area contributed by atoms with Gasteiger partial charge in [0.25, 0.3) is 0 Å². The van der Waals surface area contributed by atoms with Gasteiger partial charge >= 0.3 is 12.0 Å². The maximum Gasteiger partial charge on any atom is 0.408 e. The van der Waals surface area contributed by atoms with Crippen molar-refractivity contribution in [2.45, 2.75) is 12.0 Å². The topological polar surface area (TPSA) is 47.6 Å². The average Bonchev–Trinajstić information content (AvgIpc) is 2.32. The van der Waals surface area contributed by atoms with Crippen molar-refractivity contribution in [2.24, 2.45) is 0 Å². The molecule has 0 unspecified atom stereocenters. The number of carbonyl (C=O) groups excluding carboxylic acids is 1. The summed E-state index contributed by atoms with van der Waals surface area (Å²) in [6.45, 7) is -1.02. The van der Waals surface area contributed by atoms with Crippen LogP contribution in [-0.4, -0.2) is 25.7 Å². The van der Waals surface area contributed by atoms with Crippen molar-refractivity contribution < 1.29 is 27.4 Å². The van der Waals surface area contributed by atoms with Gasteiger partial charge in [-0.3, -0.25) is 0 Å². The standard InChI is InChI=1S/C11H10F3NO3/c1-17-8-4-6(12)2-3-7(8)9-11(13,14)5-18-10(16)15-9/h2-4,9H,5H2,1H3,(H,15,16)/t9-/m1/s1. The number of carbonyl (C=O) groups is 1. The highest BCUT2D eigenvalue weighted by molar-refractivity contribution is 5.69. The van der Waals surface area contributed by atoms with Gasteiger partial charge < -0.3 is 14.8 Å². The summed E-state index contributed by atoms with van der Waals surface area (Å²) < 4.78 is 49.4. The Morgan fingerprint density at radius 2 is 2.22 bits per heavy atom. The number of amides is 1. The first kappa shape index (κ1) is 12.5. The van der Waals surface area contributed by atoms with E-state index in [4.69, 9.17) is 4.74 Å². The Morgan fingerprint density at radius 3 is 2.89 bits per heavy atom. The van der Waals surface area contributed by atoms with Crippen LogP contribution in [0.15, 0.2) is 18.2 Å². The van der Waals surface area contributed by atoms with Crippen molar-refractivity contribution in [3.05, 3.63) is 29.6 Å². The van der Waals surface area contributed by atoms with Crippen LogP contribution < -0.4 is 10.1 Å². The van der Waals surface area contributed by atoms with Gasteiger partial charge in [-0.25, -0.2) is 18.0 Å². The summed E-state index contributed by atoms with van der Waals surface area (Å²) in [6.07, 6.45) is -0.947. The van der Waals surface area contributed by atoms with Crippen molar-refractivity contribution in [1.29, 1.82) is 0 Å². The highest BCUT2D eigenvalue weighted by Crippen LogP contribution is 2.38. The van der Waals surface area contributed by atoms with E-state index in [0.29, 0.717) is 0 Å². The molecule has 0 aromatic heterocycles. The first-order valence-corrected chi connectivity index (χ1v) is 5.08. The molecule has 1 atom stereocenters. The maximum absolute atomic E-state index is 13.7. The monoisotopic (exact) mass is 261 g/mol. The molecule has 0 bridgehead atoms. The number of rotatable bonds is 2. The highest BCUT2D eigenvalue weighted by Gasteiger charge is 2.47. The van der Waals surface area contributed by atoms with Crippen molar-refractivity contribution in [1.82, 2.24) is 5.32 Å². The molecule has 1 saturated heterocycles. The molecule has 1 amide bonds. The van der Waals surface area contributed by atoms with E-state index in [0.717, 1.165) is 18.2 Å². The van der Waals surface area contributed by atoms with Crippen LogP contribution in [0.2, 0.25) is 0 Å². The predicted octanol–water partition coefficient (Wildman–Crippen LogP) is 2.25. The Kier molecular flexibility index (Phi) is 3.06. The fraction of sp³-hybridized carbons (Fsp3) is 0.364. The Morgan fingerprint density at radius 1 is 1.50 bits per heavy atom. The zero-order valence-corrected chi connectivity index (χ0v) is 9.38. The minimum absolute atomic E-state index is 0.000509. The maximum atomic E-state index is 13.7. The molecule has 1 fully saturated rings. The molecule has 1 N–H and O–H groups in total. The van der Waals surface area contributed by atoms with Crippen LogP contribution in [0, 0.1) is 5.82 Å². The Bertz CT molecular complexity index is 479. The van der Waals surface area contributed by atoms with Crippen molar-refractivity contribution in [2.75, 3.05) is 13.7 Å². The van der Waals surface area contributed by atoms with Crippen molar-refractivity contribution >= 4 is 6.09 Å². The molecule has 1 heterocycles. The van der Waals surface area contributed by atoms with Gasteiger partial charge in [0.2, 0.25) is 0 Å². The number of alkyl halides is 2. The first-order chi connectivity index (χ1) is 8.44. The fourth-order valence-corrected chi connectivity index (χ4v) is 1.74. The van der Waals surface area contributed by atoms with Crippen LogP contribution in [0.5, 0.6) is 5.75 Å². The van der Waals surface area contributed by atoms with Gasteiger partial charge in [0.15, 0.2) is 6.61 Å². The van der Waals surface area contributed by atoms with E-state index >= 15 is 0 Å². The van der Waals surface area contributed by atoms with Crippen LogP contribution in [0.25, 0.3) is 0 Å². The summed E-state index contributed by atoms with van der Waals surface area (Å²) in [6, 6.07) is 1.55. The molecule has 0 radical (unpaired) electrons.